The number of aromatic nitrogens is 2. The van der Waals surface area contributed by atoms with Gasteiger partial charge < -0.3 is 24.5 Å². The molecular formula is C20H21N3O5. The van der Waals surface area contributed by atoms with Crippen LogP contribution in [0.25, 0.3) is 17.1 Å². The van der Waals surface area contributed by atoms with E-state index in [-0.39, 0.29) is 29.9 Å². The summed E-state index contributed by atoms with van der Waals surface area (Å²) in [5.41, 5.74) is 1.34. The normalized spacial score (nSPS) is 19.6. The zero-order chi connectivity index (χ0) is 19.7. The summed E-state index contributed by atoms with van der Waals surface area (Å²) in [5.74, 6) is -0.927. The molecule has 2 N–H and O–H groups in total. The largest absolute Gasteiger partial charge is 0.462 e. The van der Waals surface area contributed by atoms with E-state index in [1.165, 1.54) is 0 Å². The average Bonchev–Trinajstić information content (AvgIpc) is 3.25. The Bertz CT molecular complexity index is 983. The number of fused-ring (bicyclic) bond motifs is 1. The number of piperidine rings is 1. The molecule has 0 saturated carbocycles. The summed E-state index contributed by atoms with van der Waals surface area (Å²) < 4.78 is 10.9. The third kappa shape index (κ3) is 3.27. The number of hydrogen-bond donors (Lipinski definition) is 2. The van der Waals surface area contributed by atoms with Gasteiger partial charge in [0.05, 0.1) is 12.7 Å². The Morgan fingerprint density at radius 3 is 3.00 bits per heavy atom. The molecule has 28 heavy (non-hydrogen) atoms. The number of aliphatic hydroxyl groups is 1. The number of hydrogen-bond acceptors (Lipinski definition) is 7. The van der Waals surface area contributed by atoms with Crippen molar-refractivity contribution in [2.24, 2.45) is 0 Å². The standard InChI is InChI=1S/C20H21N3O5/c1-2-27-20(26)16-17(25)15(28-19(16)23-8-5-13(24)6-9-23)10-12-11-22-18-14(12)4-3-7-21-18/h3-4,7,10-11,13,24H,2,5-6,8-9H2,1H3,(H,21,22)/b15-10-. The van der Waals surface area contributed by atoms with E-state index in [9.17, 15) is 14.7 Å². The second kappa shape index (κ2) is 7.47. The molecule has 2 aliphatic heterocycles. The fourth-order valence-corrected chi connectivity index (χ4v) is 3.43. The van der Waals surface area contributed by atoms with E-state index in [4.69, 9.17) is 9.47 Å². The van der Waals surface area contributed by atoms with Crippen LogP contribution < -0.4 is 0 Å². The first-order chi connectivity index (χ1) is 13.6. The van der Waals surface area contributed by atoms with Gasteiger partial charge >= 0.3 is 5.97 Å². The summed E-state index contributed by atoms with van der Waals surface area (Å²) in [6.45, 7) is 2.84. The van der Waals surface area contributed by atoms with Gasteiger partial charge in [0.25, 0.3) is 0 Å². The molecule has 8 nitrogen and oxygen atoms in total. The number of carbonyl (C=O) groups excluding carboxylic acids is 2. The predicted octanol–water partition coefficient (Wildman–Crippen LogP) is 1.73. The average molecular weight is 383 g/mol. The van der Waals surface area contributed by atoms with Crippen molar-refractivity contribution in [3.05, 3.63) is 47.3 Å². The quantitative estimate of drug-likeness (QED) is 0.471. The van der Waals surface area contributed by atoms with Crippen LogP contribution in [0.4, 0.5) is 0 Å². The molecule has 0 bridgehead atoms. The molecular weight excluding hydrogens is 362 g/mol. The molecule has 2 aliphatic rings. The van der Waals surface area contributed by atoms with E-state index in [1.807, 2.05) is 17.0 Å². The lowest BCUT2D eigenvalue weighted by atomic mass is 10.1. The van der Waals surface area contributed by atoms with E-state index in [0.29, 0.717) is 31.6 Å². The van der Waals surface area contributed by atoms with Crippen molar-refractivity contribution in [3.8, 4) is 0 Å². The van der Waals surface area contributed by atoms with Gasteiger partial charge in [-0.2, -0.15) is 0 Å². The van der Waals surface area contributed by atoms with Crippen LogP contribution in [-0.2, 0) is 19.1 Å². The minimum absolute atomic E-state index is 0.0638. The second-order valence-electron chi connectivity index (χ2n) is 6.70. The maximum atomic E-state index is 12.9. The molecule has 1 saturated heterocycles. The molecule has 0 radical (unpaired) electrons. The van der Waals surface area contributed by atoms with E-state index in [1.54, 1.807) is 25.4 Å². The number of nitrogens with one attached hydrogen (secondary N) is 1. The lowest BCUT2D eigenvalue weighted by Gasteiger charge is -2.31. The van der Waals surface area contributed by atoms with Crippen molar-refractivity contribution >= 4 is 28.9 Å². The lowest BCUT2D eigenvalue weighted by Crippen LogP contribution is -2.36. The summed E-state index contributed by atoms with van der Waals surface area (Å²) in [5, 5.41) is 10.6. The molecule has 0 spiro atoms. The number of H-pyrrole nitrogens is 1. The summed E-state index contributed by atoms with van der Waals surface area (Å²) in [6, 6.07) is 3.69. The number of nitrogens with zero attached hydrogens (tertiary/aromatic N) is 2. The predicted molar refractivity (Wildman–Crippen MR) is 101 cm³/mol. The number of allylic oxidation sites excluding steroid dienone is 1. The third-order valence-electron chi connectivity index (χ3n) is 4.87. The minimum Gasteiger partial charge on any atom is -0.462 e. The van der Waals surface area contributed by atoms with Crippen molar-refractivity contribution in [1.82, 2.24) is 14.9 Å². The fourth-order valence-electron chi connectivity index (χ4n) is 3.43. The Kier molecular flexibility index (Phi) is 4.87. The Balaban J connectivity index is 1.69. The molecule has 2 aromatic rings. The van der Waals surface area contributed by atoms with E-state index in [0.717, 1.165) is 10.9 Å². The number of Topliss-reactive ketones (excluding diaryl/α,β-unsaturated/α-hetero) is 1. The number of aromatic amines is 1. The molecule has 4 rings (SSSR count). The highest BCUT2D eigenvalue weighted by atomic mass is 16.5. The van der Waals surface area contributed by atoms with Crippen molar-refractivity contribution in [3.63, 3.8) is 0 Å². The van der Waals surface area contributed by atoms with E-state index < -0.39 is 11.8 Å². The lowest BCUT2D eigenvalue weighted by molar-refractivity contribution is -0.139. The molecule has 2 aromatic heterocycles. The van der Waals surface area contributed by atoms with Crippen LogP contribution in [-0.4, -0.2) is 57.5 Å². The van der Waals surface area contributed by atoms with Crippen molar-refractivity contribution < 1.29 is 24.2 Å². The van der Waals surface area contributed by atoms with Crippen LogP contribution in [0.1, 0.15) is 25.3 Å². The Hall–Kier alpha value is -3.13. The minimum atomic E-state index is -0.697. The van der Waals surface area contributed by atoms with Crippen LogP contribution in [0.3, 0.4) is 0 Å². The number of aliphatic hydroxyl groups excluding tert-OH is 1. The number of ether oxygens (including phenoxy) is 2. The highest BCUT2D eigenvalue weighted by Gasteiger charge is 2.40. The molecule has 0 atom stereocenters. The Morgan fingerprint density at radius 2 is 2.25 bits per heavy atom. The van der Waals surface area contributed by atoms with Gasteiger partial charge in [-0.25, -0.2) is 9.78 Å². The number of carbonyl (C=O) groups is 2. The third-order valence-corrected chi connectivity index (χ3v) is 4.87. The van der Waals surface area contributed by atoms with Crippen LogP contribution in [0.2, 0.25) is 0 Å². The van der Waals surface area contributed by atoms with Gasteiger partial charge in [-0.15, -0.1) is 0 Å². The first-order valence-electron chi connectivity index (χ1n) is 9.29. The van der Waals surface area contributed by atoms with Crippen molar-refractivity contribution in [2.75, 3.05) is 19.7 Å². The molecule has 4 heterocycles. The van der Waals surface area contributed by atoms with Gasteiger partial charge in [0, 0.05) is 36.4 Å². The highest BCUT2D eigenvalue weighted by Crippen LogP contribution is 2.32. The van der Waals surface area contributed by atoms with Gasteiger partial charge in [0.2, 0.25) is 11.7 Å². The number of rotatable bonds is 4. The van der Waals surface area contributed by atoms with Gasteiger partial charge in [-0.1, -0.05) is 0 Å². The van der Waals surface area contributed by atoms with Gasteiger partial charge in [-0.3, -0.25) is 4.79 Å². The maximum absolute atomic E-state index is 12.9. The SMILES string of the molecule is CCOC(=O)C1=C(N2CCC(O)CC2)O/C(=C\c2c[nH]c3ncccc23)C1=O. The summed E-state index contributed by atoms with van der Waals surface area (Å²) in [4.78, 5) is 34.5. The number of pyridine rings is 1. The van der Waals surface area contributed by atoms with Crippen molar-refractivity contribution in [2.45, 2.75) is 25.9 Å². The molecule has 146 valence electrons. The molecule has 0 amide bonds. The number of ketones is 1. The first kappa shape index (κ1) is 18.2. The molecule has 8 heteroatoms. The summed E-state index contributed by atoms with van der Waals surface area (Å²) in [6.07, 6.45) is 5.73. The van der Waals surface area contributed by atoms with Crippen LogP contribution >= 0.6 is 0 Å². The zero-order valence-electron chi connectivity index (χ0n) is 15.5. The monoisotopic (exact) mass is 383 g/mol. The summed E-state index contributed by atoms with van der Waals surface area (Å²) in [7, 11) is 0. The smallest absolute Gasteiger partial charge is 0.347 e. The molecule has 1 fully saturated rings. The van der Waals surface area contributed by atoms with E-state index in [2.05, 4.69) is 9.97 Å². The summed E-state index contributed by atoms with van der Waals surface area (Å²) >= 11 is 0. The number of esters is 1. The zero-order valence-corrected chi connectivity index (χ0v) is 15.5. The fraction of sp³-hybridized carbons (Fsp3) is 0.350. The van der Waals surface area contributed by atoms with Gasteiger partial charge in [0.1, 0.15) is 5.65 Å². The Labute approximate surface area is 161 Å². The van der Waals surface area contributed by atoms with Crippen LogP contribution in [0.15, 0.2) is 41.7 Å². The second-order valence-corrected chi connectivity index (χ2v) is 6.70. The van der Waals surface area contributed by atoms with Crippen molar-refractivity contribution in [1.29, 1.82) is 0 Å². The maximum Gasteiger partial charge on any atom is 0.347 e. The van der Waals surface area contributed by atoms with Crippen LogP contribution in [0.5, 0.6) is 0 Å². The van der Waals surface area contributed by atoms with Gasteiger partial charge in [-0.05, 0) is 38.0 Å². The van der Waals surface area contributed by atoms with Gasteiger partial charge in [0.15, 0.2) is 11.3 Å². The first-order valence-corrected chi connectivity index (χ1v) is 9.29. The van der Waals surface area contributed by atoms with E-state index >= 15 is 0 Å². The topological polar surface area (TPSA) is 105 Å². The molecule has 0 unspecified atom stereocenters. The highest BCUT2D eigenvalue weighted by molar-refractivity contribution is 6.26. The Morgan fingerprint density at radius 1 is 1.46 bits per heavy atom. The van der Waals surface area contributed by atoms with Crippen LogP contribution in [0, 0.1) is 0 Å². The molecule has 0 aliphatic carbocycles. The number of likely N-dealkylation sites (tertiary alicyclic amines) is 1. The molecule has 0 aromatic carbocycles.